The van der Waals surface area contributed by atoms with Gasteiger partial charge in [-0.15, -0.1) is 0 Å². The van der Waals surface area contributed by atoms with Crippen molar-refractivity contribution in [2.75, 3.05) is 6.61 Å². The molecule has 0 aromatic carbocycles. The fraction of sp³-hybridized carbons (Fsp3) is 0.969. The predicted molar refractivity (Wildman–Crippen MR) is 159 cm³/mol. The number of carbonyl (C=O) groups is 1. The molecule has 38 heavy (non-hydrogen) atoms. The molecule has 0 aliphatic rings. The van der Waals surface area contributed by atoms with Crippen LogP contribution in [0.2, 0.25) is 0 Å². The molecule has 1 amide bonds. The molecule has 0 bridgehead atoms. The van der Waals surface area contributed by atoms with E-state index in [0.717, 1.165) is 38.5 Å². The summed E-state index contributed by atoms with van der Waals surface area (Å²) < 4.78 is 0. The van der Waals surface area contributed by atoms with Crippen molar-refractivity contribution in [2.24, 2.45) is 0 Å². The molecule has 228 valence electrons. The Morgan fingerprint density at radius 2 is 0.895 bits per heavy atom. The molecule has 0 spiro atoms. The van der Waals surface area contributed by atoms with Gasteiger partial charge in [0.15, 0.2) is 0 Å². The van der Waals surface area contributed by atoms with Gasteiger partial charge in [0, 0.05) is 0 Å². The minimum absolute atomic E-state index is 0.373. The first-order chi connectivity index (χ1) is 18.5. The van der Waals surface area contributed by atoms with Gasteiger partial charge in [-0.05, 0) is 12.8 Å². The molecule has 0 saturated carbocycles. The van der Waals surface area contributed by atoms with Gasteiger partial charge in [0.2, 0.25) is 5.91 Å². The lowest BCUT2D eigenvalue weighted by molar-refractivity contribution is -0.132. The average molecular weight is 544 g/mol. The van der Waals surface area contributed by atoms with Crippen molar-refractivity contribution in [3.63, 3.8) is 0 Å². The highest BCUT2D eigenvalue weighted by molar-refractivity contribution is 5.80. The molecule has 0 aliphatic heterocycles. The van der Waals surface area contributed by atoms with Crippen molar-refractivity contribution in [1.29, 1.82) is 0 Å². The third-order valence-electron chi connectivity index (χ3n) is 7.82. The molecule has 0 aromatic heterocycles. The van der Waals surface area contributed by atoms with Crippen molar-refractivity contribution in [3.8, 4) is 0 Å². The van der Waals surface area contributed by atoms with Crippen LogP contribution in [-0.2, 0) is 4.79 Å². The van der Waals surface area contributed by atoms with Crippen LogP contribution >= 0.6 is 0 Å². The van der Waals surface area contributed by atoms with Crippen LogP contribution in [-0.4, -0.2) is 57.3 Å². The first-order valence-corrected chi connectivity index (χ1v) is 16.4. The first-order valence-electron chi connectivity index (χ1n) is 16.4. The molecule has 0 aliphatic carbocycles. The van der Waals surface area contributed by atoms with E-state index >= 15 is 0 Å². The minimum Gasteiger partial charge on any atom is -0.394 e. The topological polar surface area (TPSA) is 110 Å². The fourth-order valence-corrected chi connectivity index (χ4v) is 5.11. The molecule has 5 N–H and O–H groups in total. The van der Waals surface area contributed by atoms with Crippen LogP contribution in [0.4, 0.5) is 0 Å². The molecule has 0 saturated heterocycles. The van der Waals surface area contributed by atoms with E-state index in [0.29, 0.717) is 12.8 Å². The maximum absolute atomic E-state index is 12.3. The molecule has 0 rings (SSSR count). The molecular weight excluding hydrogens is 478 g/mol. The van der Waals surface area contributed by atoms with Crippen molar-refractivity contribution in [2.45, 2.75) is 192 Å². The smallest absolute Gasteiger partial charge is 0.249 e. The molecule has 0 radical (unpaired) electrons. The van der Waals surface area contributed by atoms with Gasteiger partial charge in [-0.3, -0.25) is 4.79 Å². The van der Waals surface area contributed by atoms with Gasteiger partial charge in [-0.2, -0.15) is 0 Å². The molecule has 0 heterocycles. The lowest BCUT2D eigenvalue weighted by Gasteiger charge is -2.27. The largest absolute Gasteiger partial charge is 0.394 e. The van der Waals surface area contributed by atoms with E-state index in [-0.39, 0.29) is 0 Å². The molecule has 4 atom stereocenters. The standard InChI is InChI=1S/C32H65NO5/c1-3-5-7-9-11-13-15-16-18-19-21-23-25-29(35)31(37)28(27-34)33-32(38)30(36)26-24-22-20-17-14-12-10-8-6-4-2/h28-31,34-37H,3-27H2,1-2H3,(H,33,38)/t28-,29+,30+,31-/m0/s1. The van der Waals surface area contributed by atoms with Gasteiger partial charge in [0.1, 0.15) is 12.2 Å². The summed E-state index contributed by atoms with van der Waals surface area (Å²) in [6.45, 7) is 3.99. The van der Waals surface area contributed by atoms with Crippen molar-refractivity contribution in [3.05, 3.63) is 0 Å². The van der Waals surface area contributed by atoms with Crippen LogP contribution in [0.25, 0.3) is 0 Å². The van der Waals surface area contributed by atoms with E-state index in [4.69, 9.17) is 0 Å². The number of nitrogens with one attached hydrogen (secondary N) is 1. The van der Waals surface area contributed by atoms with Crippen LogP contribution < -0.4 is 5.32 Å². The second-order valence-electron chi connectivity index (χ2n) is 11.5. The zero-order valence-corrected chi connectivity index (χ0v) is 25.2. The Balaban J connectivity index is 3.87. The summed E-state index contributed by atoms with van der Waals surface area (Å²) in [6.07, 6.45) is 24.1. The van der Waals surface area contributed by atoms with E-state index in [1.807, 2.05) is 0 Å². The second kappa shape index (κ2) is 27.9. The van der Waals surface area contributed by atoms with E-state index in [9.17, 15) is 25.2 Å². The van der Waals surface area contributed by atoms with Gasteiger partial charge in [-0.1, -0.05) is 155 Å². The number of aliphatic hydroxyl groups excluding tert-OH is 4. The molecule has 0 aromatic rings. The zero-order valence-electron chi connectivity index (χ0n) is 25.2. The molecular formula is C32H65NO5. The number of unbranched alkanes of at least 4 members (excludes halogenated alkanes) is 20. The van der Waals surface area contributed by atoms with Gasteiger partial charge in [-0.25, -0.2) is 0 Å². The van der Waals surface area contributed by atoms with Crippen LogP contribution in [0.15, 0.2) is 0 Å². The maximum Gasteiger partial charge on any atom is 0.249 e. The highest BCUT2D eigenvalue weighted by atomic mass is 16.3. The third-order valence-corrected chi connectivity index (χ3v) is 7.82. The fourth-order valence-electron chi connectivity index (χ4n) is 5.11. The van der Waals surface area contributed by atoms with Gasteiger partial charge in [0.25, 0.3) is 0 Å². The van der Waals surface area contributed by atoms with Crippen molar-refractivity contribution in [1.82, 2.24) is 5.32 Å². The summed E-state index contributed by atoms with van der Waals surface area (Å²) >= 11 is 0. The van der Waals surface area contributed by atoms with Crippen molar-refractivity contribution >= 4 is 5.91 Å². The summed E-state index contributed by atoms with van der Waals surface area (Å²) in [5.74, 6) is -0.586. The van der Waals surface area contributed by atoms with Crippen LogP contribution in [0, 0.1) is 0 Å². The number of rotatable bonds is 29. The number of hydrogen-bond donors (Lipinski definition) is 5. The second-order valence-corrected chi connectivity index (χ2v) is 11.5. The summed E-state index contributed by atoms with van der Waals surface area (Å²) in [5.41, 5.74) is 0. The molecule has 6 heteroatoms. The third kappa shape index (κ3) is 22.2. The van der Waals surface area contributed by atoms with Crippen LogP contribution in [0.5, 0.6) is 0 Å². The first kappa shape index (κ1) is 37.3. The number of hydrogen-bond acceptors (Lipinski definition) is 5. The van der Waals surface area contributed by atoms with E-state index in [1.165, 1.54) is 103 Å². The lowest BCUT2D eigenvalue weighted by atomic mass is 9.99. The summed E-state index contributed by atoms with van der Waals surface area (Å²) in [7, 11) is 0. The lowest BCUT2D eigenvalue weighted by Crippen LogP contribution is -2.53. The normalized spacial score (nSPS) is 14.8. The predicted octanol–water partition coefficient (Wildman–Crippen LogP) is 6.95. The van der Waals surface area contributed by atoms with E-state index in [2.05, 4.69) is 19.2 Å². The molecule has 0 unspecified atom stereocenters. The summed E-state index contributed by atoms with van der Waals surface area (Å²) in [6, 6.07) is -0.975. The summed E-state index contributed by atoms with van der Waals surface area (Å²) in [4.78, 5) is 12.3. The van der Waals surface area contributed by atoms with E-state index in [1.54, 1.807) is 0 Å². The molecule has 6 nitrogen and oxygen atoms in total. The summed E-state index contributed by atoms with van der Waals surface area (Å²) in [5, 5.41) is 43.2. The average Bonchev–Trinajstić information content (AvgIpc) is 2.92. The number of amides is 1. The highest BCUT2D eigenvalue weighted by Gasteiger charge is 2.28. The maximum atomic E-state index is 12.3. The quantitative estimate of drug-likeness (QED) is 0.0656. The Kier molecular flexibility index (Phi) is 27.4. The number of aliphatic hydroxyl groups is 4. The Morgan fingerprint density at radius 3 is 1.26 bits per heavy atom. The van der Waals surface area contributed by atoms with Crippen molar-refractivity contribution < 1.29 is 25.2 Å². The Morgan fingerprint density at radius 1 is 0.553 bits per heavy atom. The van der Waals surface area contributed by atoms with E-state index < -0.39 is 36.9 Å². The Labute approximate surface area is 235 Å². The Bertz CT molecular complexity index is 504. The number of carbonyl (C=O) groups excluding carboxylic acids is 1. The van der Waals surface area contributed by atoms with Gasteiger partial charge in [0.05, 0.1) is 18.8 Å². The molecule has 0 fully saturated rings. The van der Waals surface area contributed by atoms with Crippen LogP contribution in [0.1, 0.15) is 168 Å². The monoisotopic (exact) mass is 543 g/mol. The van der Waals surface area contributed by atoms with Crippen LogP contribution in [0.3, 0.4) is 0 Å². The Hall–Kier alpha value is -0.690. The minimum atomic E-state index is -1.25. The van der Waals surface area contributed by atoms with Gasteiger partial charge >= 0.3 is 0 Å². The highest BCUT2D eigenvalue weighted by Crippen LogP contribution is 2.15. The van der Waals surface area contributed by atoms with Gasteiger partial charge < -0.3 is 25.7 Å². The SMILES string of the molecule is CCCCCCCCCCCCCC[C@@H](O)[C@@H](O)[C@H](CO)NC(=O)[C@H](O)CCCCCCCCCCCC. The zero-order chi connectivity index (χ0) is 28.3.